The molecular weight excluding hydrogens is 174 g/mol. The van der Waals surface area contributed by atoms with Gasteiger partial charge in [0.2, 0.25) is 0 Å². The molecule has 0 radical (unpaired) electrons. The SMILES string of the molecule is CC(C)NCCC1(C)CC2(C1)OC2C. The lowest BCUT2D eigenvalue weighted by Crippen LogP contribution is -2.44. The van der Waals surface area contributed by atoms with Gasteiger partial charge in [-0.1, -0.05) is 20.8 Å². The van der Waals surface area contributed by atoms with Crippen molar-refractivity contribution in [2.45, 2.75) is 64.7 Å². The zero-order valence-electron chi connectivity index (χ0n) is 9.89. The molecule has 1 saturated heterocycles. The Morgan fingerprint density at radius 1 is 1.43 bits per heavy atom. The molecule has 1 aliphatic heterocycles. The summed E-state index contributed by atoms with van der Waals surface area (Å²) in [6, 6.07) is 0.615. The van der Waals surface area contributed by atoms with E-state index in [4.69, 9.17) is 4.74 Å². The Balaban J connectivity index is 1.67. The van der Waals surface area contributed by atoms with E-state index in [1.807, 2.05) is 0 Å². The summed E-state index contributed by atoms with van der Waals surface area (Å²) in [6.07, 6.45) is 4.39. The molecule has 14 heavy (non-hydrogen) atoms. The van der Waals surface area contributed by atoms with Crippen LogP contribution in [-0.2, 0) is 4.74 Å². The van der Waals surface area contributed by atoms with Crippen molar-refractivity contribution in [2.75, 3.05) is 6.54 Å². The van der Waals surface area contributed by atoms with Crippen molar-refractivity contribution in [2.24, 2.45) is 5.41 Å². The van der Waals surface area contributed by atoms with E-state index < -0.39 is 0 Å². The van der Waals surface area contributed by atoms with E-state index in [9.17, 15) is 0 Å². The van der Waals surface area contributed by atoms with Crippen LogP contribution >= 0.6 is 0 Å². The minimum atomic E-state index is 0.326. The second-order valence-electron chi connectivity index (χ2n) is 5.85. The molecule has 1 aliphatic carbocycles. The highest BCUT2D eigenvalue weighted by Crippen LogP contribution is 2.62. The number of ether oxygens (including phenoxy) is 1. The normalized spacial score (nSPS) is 45.6. The standard InChI is InChI=1S/C12H23NO/c1-9(2)13-6-5-11(4)7-12(8-11)10(3)14-12/h9-10,13H,5-8H2,1-4H3. The highest BCUT2D eigenvalue weighted by molar-refractivity contribution is 5.14. The molecule has 1 unspecified atom stereocenters. The van der Waals surface area contributed by atoms with Gasteiger partial charge in [-0.3, -0.25) is 0 Å². The zero-order valence-corrected chi connectivity index (χ0v) is 9.89. The molecule has 2 heteroatoms. The van der Waals surface area contributed by atoms with Gasteiger partial charge in [-0.2, -0.15) is 0 Å². The van der Waals surface area contributed by atoms with Gasteiger partial charge in [0.25, 0.3) is 0 Å². The van der Waals surface area contributed by atoms with Gasteiger partial charge >= 0.3 is 0 Å². The molecule has 0 amide bonds. The van der Waals surface area contributed by atoms with Crippen molar-refractivity contribution in [1.82, 2.24) is 5.32 Å². The molecule has 2 nitrogen and oxygen atoms in total. The lowest BCUT2D eigenvalue weighted by Gasteiger charge is -2.44. The highest BCUT2D eigenvalue weighted by atomic mass is 16.6. The van der Waals surface area contributed by atoms with Crippen LogP contribution in [0.25, 0.3) is 0 Å². The molecule has 1 N–H and O–H groups in total. The zero-order chi connectivity index (χ0) is 10.4. The molecule has 0 bridgehead atoms. The molecule has 82 valence electrons. The quantitative estimate of drug-likeness (QED) is 0.700. The van der Waals surface area contributed by atoms with E-state index in [1.165, 1.54) is 19.3 Å². The van der Waals surface area contributed by atoms with Gasteiger partial charge in [0.1, 0.15) is 0 Å². The molecule has 0 aromatic rings. The molecule has 1 saturated carbocycles. The molecule has 0 aromatic heterocycles. The third kappa shape index (κ3) is 1.82. The maximum atomic E-state index is 5.64. The van der Waals surface area contributed by atoms with Gasteiger partial charge in [0, 0.05) is 6.04 Å². The topological polar surface area (TPSA) is 24.6 Å². The van der Waals surface area contributed by atoms with E-state index in [0.717, 1.165) is 6.54 Å². The fourth-order valence-electron chi connectivity index (χ4n) is 2.92. The predicted molar refractivity (Wildman–Crippen MR) is 58.4 cm³/mol. The lowest BCUT2D eigenvalue weighted by atomic mass is 9.60. The second-order valence-corrected chi connectivity index (χ2v) is 5.85. The fourth-order valence-corrected chi connectivity index (χ4v) is 2.92. The van der Waals surface area contributed by atoms with E-state index >= 15 is 0 Å². The molecule has 1 spiro atoms. The molecule has 1 heterocycles. The van der Waals surface area contributed by atoms with E-state index in [0.29, 0.717) is 23.2 Å². The Morgan fingerprint density at radius 3 is 2.43 bits per heavy atom. The number of nitrogens with one attached hydrogen (secondary N) is 1. The largest absolute Gasteiger partial charge is 0.366 e. The van der Waals surface area contributed by atoms with E-state index in [1.54, 1.807) is 0 Å². The van der Waals surface area contributed by atoms with Gasteiger partial charge in [0.15, 0.2) is 0 Å². The molecule has 1 atom stereocenters. The van der Waals surface area contributed by atoms with Gasteiger partial charge in [-0.15, -0.1) is 0 Å². The summed E-state index contributed by atoms with van der Waals surface area (Å²) >= 11 is 0. The monoisotopic (exact) mass is 197 g/mol. The predicted octanol–water partition coefficient (Wildman–Crippen LogP) is 2.33. The average molecular weight is 197 g/mol. The van der Waals surface area contributed by atoms with Crippen LogP contribution in [0.5, 0.6) is 0 Å². The Bertz CT molecular complexity index is 218. The molecule has 2 fully saturated rings. The van der Waals surface area contributed by atoms with Crippen LogP contribution in [0.3, 0.4) is 0 Å². The van der Waals surface area contributed by atoms with Gasteiger partial charge in [-0.05, 0) is 38.1 Å². The number of hydrogen-bond acceptors (Lipinski definition) is 2. The fraction of sp³-hybridized carbons (Fsp3) is 1.00. The molecule has 2 rings (SSSR count). The Kier molecular flexibility index (Phi) is 2.39. The van der Waals surface area contributed by atoms with Crippen LogP contribution in [0.1, 0.15) is 47.0 Å². The van der Waals surface area contributed by atoms with Crippen molar-refractivity contribution < 1.29 is 4.74 Å². The first-order valence-electron chi connectivity index (χ1n) is 5.87. The smallest absolute Gasteiger partial charge is 0.0955 e. The Hall–Kier alpha value is -0.0800. The Labute approximate surface area is 87.4 Å². The third-order valence-electron chi connectivity index (χ3n) is 3.83. The Morgan fingerprint density at radius 2 is 2.00 bits per heavy atom. The van der Waals surface area contributed by atoms with E-state index in [-0.39, 0.29) is 0 Å². The van der Waals surface area contributed by atoms with Crippen LogP contribution in [0.15, 0.2) is 0 Å². The summed E-state index contributed by atoms with van der Waals surface area (Å²) in [4.78, 5) is 0. The summed E-state index contributed by atoms with van der Waals surface area (Å²) in [5.41, 5.74) is 0.874. The summed E-state index contributed by atoms with van der Waals surface area (Å²) in [5.74, 6) is 0. The van der Waals surface area contributed by atoms with E-state index in [2.05, 4.69) is 33.0 Å². The van der Waals surface area contributed by atoms with Crippen LogP contribution in [0, 0.1) is 5.41 Å². The number of rotatable bonds is 4. The molecule has 2 aliphatic rings. The van der Waals surface area contributed by atoms with Gasteiger partial charge in [0.05, 0.1) is 11.7 Å². The minimum Gasteiger partial charge on any atom is -0.366 e. The van der Waals surface area contributed by atoms with Crippen LogP contribution in [0.4, 0.5) is 0 Å². The van der Waals surface area contributed by atoms with Crippen molar-refractivity contribution >= 4 is 0 Å². The van der Waals surface area contributed by atoms with Crippen LogP contribution in [-0.4, -0.2) is 24.3 Å². The first-order chi connectivity index (χ1) is 6.46. The summed E-state index contributed by atoms with van der Waals surface area (Å²) < 4.78 is 5.64. The number of epoxide rings is 1. The van der Waals surface area contributed by atoms with Gasteiger partial charge < -0.3 is 10.1 Å². The van der Waals surface area contributed by atoms with Crippen LogP contribution in [0.2, 0.25) is 0 Å². The van der Waals surface area contributed by atoms with Crippen LogP contribution < -0.4 is 5.32 Å². The lowest BCUT2D eigenvalue weighted by molar-refractivity contribution is 0.0305. The molecular formula is C12H23NO. The van der Waals surface area contributed by atoms with Crippen molar-refractivity contribution in [3.63, 3.8) is 0 Å². The van der Waals surface area contributed by atoms with Crippen molar-refractivity contribution in [1.29, 1.82) is 0 Å². The summed E-state index contributed by atoms with van der Waals surface area (Å²) in [5, 5.41) is 3.49. The third-order valence-corrected chi connectivity index (χ3v) is 3.83. The minimum absolute atomic E-state index is 0.326. The second kappa shape index (κ2) is 3.21. The first kappa shape index (κ1) is 10.4. The van der Waals surface area contributed by atoms with Crippen molar-refractivity contribution in [3.8, 4) is 0 Å². The summed E-state index contributed by atoms with van der Waals surface area (Å²) in [6.45, 7) is 10.2. The number of hydrogen-bond donors (Lipinski definition) is 1. The maximum absolute atomic E-state index is 5.64. The summed E-state index contributed by atoms with van der Waals surface area (Å²) in [7, 11) is 0. The van der Waals surface area contributed by atoms with Gasteiger partial charge in [-0.25, -0.2) is 0 Å². The highest BCUT2D eigenvalue weighted by Gasteiger charge is 2.65. The maximum Gasteiger partial charge on any atom is 0.0955 e. The average Bonchev–Trinajstić information content (AvgIpc) is 2.58. The molecule has 0 aromatic carbocycles. The first-order valence-corrected chi connectivity index (χ1v) is 5.87. The van der Waals surface area contributed by atoms with Crippen molar-refractivity contribution in [3.05, 3.63) is 0 Å².